The summed E-state index contributed by atoms with van der Waals surface area (Å²) in [6.07, 6.45) is 2.33. The highest BCUT2D eigenvalue weighted by Crippen LogP contribution is 2.21. The lowest BCUT2D eigenvalue weighted by Crippen LogP contribution is -2.39. The highest BCUT2D eigenvalue weighted by Gasteiger charge is 2.10. The monoisotopic (exact) mass is 293 g/mol. The third-order valence-corrected chi connectivity index (χ3v) is 3.43. The van der Waals surface area contributed by atoms with Crippen LogP contribution in [0.5, 0.6) is 0 Å². The van der Waals surface area contributed by atoms with Gasteiger partial charge in [0.1, 0.15) is 0 Å². The van der Waals surface area contributed by atoms with Crippen molar-refractivity contribution < 1.29 is 0 Å². The number of rotatable bonds is 4. The Labute approximate surface area is 121 Å². The summed E-state index contributed by atoms with van der Waals surface area (Å²) in [6.45, 7) is 2.61. The van der Waals surface area contributed by atoms with E-state index < -0.39 is 0 Å². The largest absolute Gasteiger partial charge is 0.398 e. The predicted molar refractivity (Wildman–Crippen MR) is 80.2 cm³/mol. The van der Waals surface area contributed by atoms with Gasteiger partial charge in [-0.25, -0.2) is 4.79 Å². The molecule has 1 heterocycles. The molecule has 0 aliphatic heterocycles. The zero-order valence-corrected chi connectivity index (χ0v) is 11.9. The predicted octanol–water partition coefficient (Wildman–Crippen LogP) is 1.70. The van der Waals surface area contributed by atoms with Crippen molar-refractivity contribution in [3.8, 4) is 0 Å². The minimum atomic E-state index is -0.360. The summed E-state index contributed by atoms with van der Waals surface area (Å²) in [4.78, 5) is 24.1. The first-order chi connectivity index (χ1) is 9.54. The standard InChI is InChI=1S/C14H16ClN3O2/c1-2-7-17-8-6-13(19)18(14(17)20)9-10-11(15)4-3-5-12(10)16/h3-6,8H,2,7,9,16H2,1H3. The molecule has 0 aliphatic rings. The van der Waals surface area contributed by atoms with Gasteiger partial charge in [0, 0.05) is 35.1 Å². The molecule has 20 heavy (non-hydrogen) atoms. The molecular weight excluding hydrogens is 278 g/mol. The lowest BCUT2D eigenvalue weighted by Gasteiger charge is -2.11. The Morgan fingerprint density at radius 1 is 1.25 bits per heavy atom. The maximum Gasteiger partial charge on any atom is 0.331 e. The van der Waals surface area contributed by atoms with E-state index in [-0.39, 0.29) is 17.8 Å². The van der Waals surface area contributed by atoms with Crippen molar-refractivity contribution in [1.82, 2.24) is 9.13 Å². The Morgan fingerprint density at radius 2 is 2.00 bits per heavy atom. The summed E-state index contributed by atoms with van der Waals surface area (Å²) in [7, 11) is 0. The molecule has 5 nitrogen and oxygen atoms in total. The van der Waals surface area contributed by atoms with Gasteiger partial charge in [0.25, 0.3) is 5.56 Å². The molecule has 2 aromatic rings. The second-order valence-electron chi connectivity index (χ2n) is 4.52. The second kappa shape index (κ2) is 5.96. The third kappa shape index (κ3) is 2.77. The van der Waals surface area contributed by atoms with Gasteiger partial charge in [-0.3, -0.25) is 9.36 Å². The van der Waals surface area contributed by atoms with Crippen LogP contribution in [0.4, 0.5) is 5.69 Å². The smallest absolute Gasteiger partial charge is 0.331 e. The molecule has 1 aromatic heterocycles. The molecule has 2 rings (SSSR count). The molecule has 0 atom stereocenters. The zero-order chi connectivity index (χ0) is 14.7. The molecule has 0 fully saturated rings. The van der Waals surface area contributed by atoms with E-state index in [1.165, 1.54) is 16.8 Å². The first-order valence-electron chi connectivity index (χ1n) is 6.37. The van der Waals surface area contributed by atoms with E-state index in [9.17, 15) is 9.59 Å². The van der Waals surface area contributed by atoms with Crippen molar-refractivity contribution in [2.75, 3.05) is 5.73 Å². The Hall–Kier alpha value is -2.01. The van der Waals surface area contributed by atoms with Crippen LogP contribution in [-0.2, 0) is 13.1 Å². The fraction of sp³-hybridized carbons (Fsp3) is 0.286. The maximum absolute atomic E-state index is 12.2. The number of halogens is 1. The summed E-state index contributed by atoms with van der Waals surface area (Å²) < 4.78 is 2.65. The highest BCUT2D eigenvalue weighted by molar-refractivity contribution is 6.31. The molecule has 0 spiro atoms. The Morgan fingerprint density at radius 3 is 2.65 bits per heavy atom. The van der Waals surface area contributed by atoms with E-state index in [0.29, 0.717) is 22.8 Å². The fourth-order valence-electron chi connectivity index (χ4n) is 2.01. The van der Waals surface area contributed by atoms with Crippen molar-refractivity contribution >= 4 is 17.3 Å². The molecule has 0 aliphatic carbocycles. The summed E-state index contributed by atoms with van der Waals surface area (Å²) in [5.41, 5.74) is 6.20. The molecule has 6 heteroatoms. The number of benzene rings is 1. The average Bonchev–Trinajstić information content (AvgIpc) is 2.41. The third-order valence-electron chi connectivity index (χ3n) is 3.08. The number of nitrogens with two attached hydrogens (primary N) is 1. The van der Waals surface area contributed by atoms with Crippen LogP contribution >= 0.6 is 11.6 Å². The first kappa shape index (κ1) is 14.4. The second-order valence-corrected chi connectivity index (χ2v) is 4.93. The normalized spacial score (nSPS) is 10.7. The van der Waals surface area contributed by atoms with Crippen molar-refractivity contribution in [2.45, 2.75) is 26.4 Å². The van der Waals surface area contributed by atoms with Crippen LogP contribution in [0, 0.1) is 0 Å². The summed E-state index contributed by atoms with van der Waals surface area (Å²) in [5.74, 6) is 0. The number of aromatic nitrogens is 2. The number of aryl methyl sites for hydroxylation is 1. The highest BCUT2D eigenvalue weighted by atomic mass is 35.5. The van der Waals surface area contributed by atoms with Crippen LogP contribution in [0.25, 0.3) is 0 Å². The van der Waals surface area contributed by atoms with Crippen molar-refractivity contribution in [3.05, 3.63) is 61.9 Å². The van der Waals surface area contributed by atoms with Crippen molar-refractivity contribution in [1.29, 1.82) is 0 Å². The number of anilines is 1. The molecule has 0 saturated carbocycles. The van der Waals surface area contributed by atoms with Gasteiger partial charge in [-0.15, -0.1) is 0 Å². The van der Waals surface area contributed by atoms with Gasteiger partial charge < -0.3 is 10.3 Å². The Balaban J connectivity index is 2.51. The van der Waals surface area contributed by atoms with Crippen molar-refractivity contribution in [3.63, 3.8) is 0 Å². The molecule has 1 aromatic carbocycles. The molecule has 2 N–H and O–H groups in total. The SMILES string of the molecule is CCCn1ccc(=O)n(Cc2c(N)cccc2Cl)c1=O. The number of hydrogen-bond acceptors (Lipinski definition) is 3. The van der Waals surface area contributed by atoms with Gasteiger partial charge in [0.15, 0.2) is 0 Å². The molecule has 0 bridgehead atoms. The minimum Gasteiger partial charge on any atom is -0.398 e. The van der Waals surface area contributed by atoms with Crippen molar-refractivity contribution in [2.24, 2.45) is 0 Å². The van der Waals surface area contributed by atoms with Crippen LogP contribution in [0.1, 0.15) is 18.9 Å². The van der Waals surface area contributed by atoms with Gasteiger partial charge in [-0.1, -0.05) is 24.6 Å². The lowest BCUT2D eigenvalue weighted by atomic mass is 10.2. The van der Waals surface area contributed by atoms with Gasteiger partial charge in [0.2, 0.25) is 0 Å². The molecule has 0 radical (unpaired) electrons. The molecule has 0 amide bonds. The maximum atomic E-state index is 12.2. The fourth-order valence-corrected chi connectivity index (χ4v) is 2.26. The van der Waals surface area contributed by atoms with E-state index >= 15 is 0 Å². The quantitative estimate of drug-likeness (QED) is 0.872. The lowest BCUT2D eigenvalue weighted by molar-refractivity contribution is 0.571. The summed E-state index contributed by atoms with van der Waals surface area (Å²) in [5, 5.41) is 0.446. The molecular formula is C14H16ClN3O2. The van der Waals surface area contributed by atoms with Gasteiger partial charge in [0.05, 0.1) is 6.54 Å². The van der Waals surface area contributed by atoms with E-state index in [4.69, 9.17) is 17.3 Å². The average molecular weight is 294 g/mol. The number of nitrogen functional groups attached to an aromatic ring is 1. The molecule has 0 unspecified atom stereocenters. The summed E-state index contributed by atoms with van der Waals surface area (Å²) >= 11 is 6.08. The molecule has 0 saturated heterocycles. The molecule has 106 valence electrons. The van der Waals surface area contributed by atoms with E-state index in [1.54, 1.807) is 18.2 Å². The van der Waals surface area contributed by atoms with Crippen LogP contribution in [0.3, 0.4) is 0 Å². The topological polar surface area (TPSA) is 70.0 Å². The number of hydrogen-bond donors (Lipinski definition) is 1. The summed E-state index contributed by atoms with van der Waals surface area (Å²) in [6, 6.07) is 6.49. The van der Waals surface area contributed by atoms with E-state index in [2.05, 4.69) is 0 Å². The Kier molecular flexibility index (Phi) is 4.29. The van der Waals surface area contributed by atoms with Gasteiger partial charge >= 0.3 is 5.69 Å². The van der Waals surface area contributed by atoms with Crippen LogP contribution in [0.2, 0.25) is 5.02 Å². The minimum absolute atomic E-state index is 0.0771. The van der Waals surface area contributed by atoms with Gasteiger partial charge in [-0.2, -0.15) is 0 Å². The van der Waals surface area contributed by atoms with Crippen LogP contribution in [0.15, 0.2) is 40.1 Å². The van der Waals surface area contributed by atoms with E-state index in [0.717, 1.165) is 11.0 Å². The van der Waals surface area contributed by atoms with E-state index in [1.807, 2.05) is 6.92 Å². The Bertz CT molecular complexity index is 714. The zero-order valence-electron chi connectivity index (χ0n) is 11.2. The van der Waals surface area contributed by atoms with Gasteiger partial charge in [-0.05, 0) is 18.6 Å². The number of nitrogens with zero attached hydrogens (tertiary/aromatic N) is 2. The van der Waals surface area contributed by atoms with Crippen LogP contribution < -0.4 is 17.0 Å². The first-order valence-corrected chi connectivity index (χ1v) is 6.75. The van der Waals surface area contributed by atoms with Crippen LogP contribution in [-0.4, -0.2) is 9.13 Å².